The molecule has 26 heavy (non-hydrogen) atoms. The summed E-state index contributed by atoms with van der Waals surface area (Å²) in [5.41, 5.74) is 1.13. The normalized spacial score (nSPS) is 12.0. The second-order valence-electron chi connectivity index (χ2n) is 5.71. The smallest absolute Gasteiger partial charge is 0.249 e. The number of carbonyl (C=O) groups is 1. The third-order valence-corrected chi connectivity index (χ3v) is 6.51. The molecule has 0 aliphatic carbocycles. The Morgan fingerprint density at radius 3 is 2.77 bits per heavy atom. The van der Waals surface area contributed by atoms with Gasteiger partial charge in [-0.15, -0.1) is 11.8 Å². The molecule has 0 saturated heterocycles. The van der Waals surface area contributed by atoms with Crippen molar-refractivity contribution >= 4 is 66.8 Å². The molecule has 0 fully saturated rings. The Morgan fingerprint density at radius 2 is 2.04 bits per heavy atom. The lowest BCUT2D eigenvalue weighted by Crippen LogP contribution is -2.16. The highest BCUT2D eigenvalue weighted by atomic mass is 79.9. The Bertz CT molecular complexity index is 979. The molecule has 7 heteroatoms. The molecule has 0 spiro atoms. The summed E-state index contributed by atoms with van der Waals surface area (Å²) in [5.74, 6) is 0.621. The van der Waals surface area contributed by atoms with E-state index in [-0.39, 0.29) is 5.91 Å². The molecule has 0 N–H and O–H groups in total. The monoisotopic (exact) mass is 468 g/mol. The van der Waals surface area contributed by atoms with Gasteiger partial charge in [-0.2, -0.15) is 4.99 Å². The Hall–Kier alpha value is -1.08. The summed E-state index contributed by atoms with van der Waals surface area (Å²) in [5, 5.41) is 0.720. The number of thioether (sulfide) groups is 1. The van der Waals surface area contributed by atoms with Crippen LogP contribution < -0.4 is 4.80 Å². The van der Waals surface area contributed by atoms with Gasteiger partial charge in [0, 0.05) is 33.1 Å². The quantitative estimate of drug-likeness (QED) is 0.406. The van der Waals surface area contributed by atoms with Crippen molar-refractivity contribution in [2.45, 2.75) is 31.2 Å². The van der Waals surface area contributed by atoms with Crippen molar-refractivity contribution in [1.82, 2.24) is 4.57 Å². The minimum atomic E-state index is -0.0815. The number of rotatable bonds is 6. The minimum Gasteiger partial charge on any atom is -0.316 e. The van der Waals surface area contributed by atoms with Gasteiger partial charge in [0.1, 0.15) is 0 Å². The number of carbonyl (C=O) groups excluding carboxylic acids is 1. The van der Waals surface area contributed by atoms with Crippen LogP contribution in [0.15, 0.2) is 56.8 Å². The maximum atomic E-state index is 12.3. The van der Waals surface area contributed by atoms with E-state index in [0.717, 1.165) is 42.4 Å². The van der Waals surface area contributed by atoms with E-state index in [4.69, 9.17) is 11.6 Å². The molecular formula is C19H18BrClN2OS2. The summed E-state index contributed by atoms with van der Waals surface area (Å²) >= 11 is 12.6. The fraction of sp³-hybridized carbons (Fsp3) is 0.263. The average Bonchev–Trinajstić information content (AvgIpc) is 2.93. The third-order valence-electron chi connectivity index (χ3n) is 3.71. The highest BCUT2D eigenvalue weighted by molar-refractivity contribution is 9.10. The Kier molecular flexibility index (Phi) is 6.98. The van der Waals surface area contributed by atoms with Gasteiger partial charge in [0.15, 0.2) is 4.80 Å². The van der Waals surface area contributed by atoms with Gasteiger partial charge < -0.3 is 4.57 Å². The van der Waals surface area contributed by atoms with Gasteiger partial charge in [-0.25, -0.2) is 0 Å². The number of halogens is 2. The topological polar surface area (TPSA) is 34.4 Å². The van der Waals surface area contributed by atoms with Gasteiger partial charge in [-0.3, -0.25) is 4.79 Å². The van der Waals surface area contributed by atoms with Gasteiger partial charge in [-0.1, -0.05) is 45.8 Å². The van der Waals surface area contributed by atoms with Crippen molar-refractivity contribution < 1.29 is 4.79 Å². The number of nitrogens with zero attached hydrogens (tertiary/aromatic N) is 2. The second kappa shape index (κ2) is 9.22. The summed E-state index contributed by atoms with van der Waals surface area (Å²) in [6.07, 6.45) is 1.41. The van der Waals surface area contributed by atoms with Crippen LogP contribution in [0.5, 0.6) is 0 Å². The molecule has 0 radical (unpaired) electrons. The zero-order valence-electron chi connectivity index (χ0n) is 14.2. The van der Waals surface area contributed by atoms with Crippen LogP contribution in [0.2, 0.25) is 5.02 Å². The van der Waals surface area contributed by atoms with E-state index in [2.05, 4.69) is 44.5 Å². The molecular weight excluding hydrogens is 452 g/mol. The van der Waals surface area contributed by atoms with Crippen molar-refractivity contribution in [3.05, 3.63) is 56.8 Å². The van der Waals surface area contributed by atoms with Gasteiger partial charge in [0.05, 0.1) is 10.2 Å². The second-order valence-corrected chi connectivity index (χ2v) is 9.24. The van der Waals surface area contributed by atoms with Gasteiger partial charge in [0.2, 0.25) is 5.91 Å². The predicted molar refractivity (Wildman–Crippen MR) is 115 cm³/mol. The molecule has 1 aromatic heterocycles. The Labute approximate surface area is 174 Å². The van der Waals surface area contributed by atoms with Crippen LogP contribution in [0, 0.1) is 0 Å². The zero-order valence-corrected chi connectivity index (χ0v) is 18.2. The molecule has 3 aromatic rings. The highest BCUT2D eigenvalue weighted by Gasteiger charge is 2.08. The first kappa shape index (κ1) is 19.7. The van der Waals surface area contributed by atoms with Crippen LogP contribution in [-0.4, -0.2) is 16.2 Å². The van der Waals surface area contributed by atoms with E-state index in [9.17, 15) is 4.79 Å². The first-order valence-corrected chi connectivity index (χ1v) is 11.3. The fourth-order valence-corrected chi connectivity index (χ4v) is 5.11. The van der Waals surface area contributed by atoms with Gasteiger partial charge in [0.25, 0.3) is 0 Å². The first-order valence-electron chi connectivity index (χ1n) is 8.31. The van der Waals surface area contributed by atoms with Crippen LogP contribution in [0.4, 0.5) is 0 Å². The molecule has 0 aliphatic heterocycles. The first-order chi connectivity index (χ1) is 12.6. The molecule has 1 amide bonds. The number of aromatic nitrogens is 1. The SMILES string of the molecule is CCCn1c(=NC(=O)CCSc2ccc(Cl)cc2)sc2cc(Br)ccc21. The summed E-state index contributed by atoms with van der Waals surface area (Å²) in [6, 6.07) is 13.8. The zero-order chi connectivity index (χ0) is 18.5. The molecule has 3 rings (SSSR count). The van der Waals surface area contributed by atoms with Crippen molar-refractivity contribution in [2.24, 2.45) is 4.99 Å². The summed E-state index contributed by atoms with van der Waals surface area (Å²) in [4.78, 5) is 18.6. The lowest BCUT2D eigenvalue weighted by atomic mass is 10.3. The lowest BCUT2D eigenvalue weighted by Gasteiger charge is -2.03. The van der Waals surface area contributed by atoms with Crippen LogP contribution in [-0.2, 0) is 11.3 Å². The predicted octanol–water partition coefficient (Wildman–Crippen LogP) is 6.14. The van der Waals surface area contributed by atoms with Crippen molar-refractivity contribution in [3.63, 3.8) is 0 Å². The lowest BCUT2D eigenvalue weighted by molar-refractivity contribution is -0.117. The van der Waals surface area contributed by atoms with Gasteiger partial charge in [-0.05, 0) is 48.9 Å². The Balaban J connectivity index is 1.74. The van der Waals surface area contributed by atoms with Crippen LogP contribution >= 0.6 is 50.6 Å². The summed E-state index contributed by atoms with van der Waals surface area (Å²) < 4.78 is 4.30. The van der Waals surface area contributed by atoms with E-state index < -0.39 is 0 Å². The van der Waals surface area contributed by atoms with E-state index in [1.165, 1.54) is 0 Å². The van der Waals surface area contributed by atoms with E-state index in [0.29, 0.717) is 12.2 Å². The summed E-state index contributed by atoms with van der Waals surface area (Å²) in [7, 11) is 0. The summed E-state index contributed by atoms with van der Waals surface area (Å²) in [6.45, 7) is 2.98. The number of thiazole rings is 1. The van der Waals surface area contributed by atoms with E-state index in [1.54, 1.807) is 23.1 Å². The molecule has 0 saturated carbocycles. The number of hydrogen-bond donors (Lipinski definition) is 0. The molecule has 136 valence electrons. The van der Waals surface area contributed by atoms with Crippen LogP contribution in [0.25, 0.3) is 10.2 Å². The standard InChI is InChI=1S/C19H18BrClN2OS2/c1-2-10-23-16-8-3-13(20)12-17(16)26-19(23)22-18(24)9-11-25-15-6-4-14(21)5-7-15/h3-8,12H,2,9-11H2,1H3. The molecule has 0 atom stereocenters. The average molecular weight is 470 g/mol. The number of fused-ring (bicyclic) bond motifs is 1. The van der Waals surface area contributed by atoms with Crippen molar-refractivity contribution in [1.29, 1.82) is 0 Å². The largest absolute Gasteiger partial charge is 0.316 e. The molecule has 0 bridgehead atoms. The minimum absolute atomic E-state index is 0.0815. The third kappa shape index (κ3) is 5.00. The van der Waals surface area contributed by atoms with E-state index in [1.807, 2.05) is 30.3 Å². The molecule has 0 aliphatic rings. The van der Waals surface area contributed by atoms with Crippen molar-refractivity contribution in [3.8, 4) is 0 Å². The van der Waals surface area contributed by atoms with Crippen LogP contribution in [0.1, 0.15) is 19.8 Å². The fourth-order valence-electron chi connectivity index (χ4n) is 2.52. The maximum Gasteiger partial charge on any atom is 0.249 e. The maximum absolute atomic E-state index is 12.3. The molecule has 3 nitrogen and oxygen atoms in total. The number of benzene rings is 2. The molecule has 2 aromatic carbocycles. The number of aryl methyl sites for hydroxylation is 1. The number of hydrogen-bond acceptors (Lipinski definition) is 3. The van der Waals surface area contributed by atoms with Gasteiger partial charge >= 0.3 is 0 Å². The highest BCUT2D eigenvalue weighted by Crippen LogP contribution is 2.23. The molecule has 1 heterocycles. The number of amides is 1. The van der Waals surface area contributed by atoms with Crippen molar-refractivity contribution in [2.75, 3.05) is 5.75 Å². The molecule has 0 unspecified atom stereocenters. The van der Waals surface area contributed by atoms with E-state index >= 15 is 0 Å². The van der Waals surface area contributed by atoms with Crippen LogP contribution in [0.3, 0.4) is 0 Å². The Morgan fingerprint density at radius 1 is 1.27 bits per heavy atom.